The molecule has 0 bridgehead atoms. The van der Waals surface area contributed by atoms with Crippen LogP contribution in [0.25, 0.3) is 0 Å². The Morgan fingerprint density at radius 2 is 2.19 bits per heavy atom. The standard InChI is InChI=1S/C14H18N4O3/c1-10-4-5-11(12(6-10)20-3)21-8-14(19)18(2)7-13-15-9-16-17-13/h4-6,9H,7-8H2,1-3H3,(H,15,16,17). The third-order valence-corrected chi connectivity index (χ3v) is 2.95. The summed E-state index contributed by atoms with van der Waals surface area (Å²) in [5, 5.41) is 6.44. The van der Waals surface area contributed by atoms with Crippen molar-refractivity contribution < 1.29 is 14.3 Å². The van der Waals surface area contributed by atoms with E-state index in [1.54, 1.807) is 20.2 Å². The number of ether oxygens (including phenoxy) is 2. The molecule has 0 aliphatic rings. The molecule has 0 aliphatic carbocycles. The summed E-state index contributed by atoms with van der Waals surface area (Å²) in [5.74, 6) is 1.62. The van der Waals surface area contributed by atoms with Crippen LogP contribution in [0.1, 0.15) is 11.4 Å². The summed E-state index contributed by atoms with van der Waals surface area (Å²) in [7, 11) is 3.25. The molecule has 0 spiro atoms. The van der Waals surface area contributed by atoms with E-state index in [0.717, 1.165) is 5.56 Å². The van der Waals surface area contributed by atoms with Crippen LogP contribution >= 0.6 is 0 Å². The topological polar surface area (TPSA) is 80.3 Å². The van der Waals surface area contributed by atoms with Crippen molar-refractivity contribution in [3.05, 3.63) is 35.9 Å². The molecule has 0 saturated carbocycles. The van der Waals surface area contributed by atoms with Gasteiger partial charge >= 0.3 is 0 Å². The molecular formula is C14H18N4O3. The highest BCUT2D eigenvalue weighted by molar-refractivity contribution is 5.77. The molecule has 1 heterocycles. The Balaban J connectivity index is 1.91. The second kappa shape index (κ2) is 6.74. The van der Waals surface area contributed by atoms with Crippen molar-refractivity contribution in [3.8, 4) is 11.5 Å². The molecule has 0 radical (unpaired) electrons. The van der Waals surface area contributed by atoms with E-state index in [1.165, 1.54) is 11.2 Å². The molecule has 7 nitrogen and oxygen atoms in total. The van der Waals surface area contributed by atoms with E-state index in [-0.39, 0.29) is 12.5 Å². The lowest BCUT2D eigenvalue weighted by molar-refractivity contribution is -0.132. The number of rotatable bonds is 6. The molecule has 1 aromatic heterocycles. The Morgan fingerprint density at radius 1 is 1.38 bits per heavy atom. The number of amides is 1. The maximum atomic E-state index is 12.0. The van der Waals surface area contributed by atoms with Gasteiger partial charge in [0.1, 0.15) is 12.2 Å². The second-order valence-corrected chi connectivity index (χ2v) is 4.62. The summed E-state index contributed by atoms with van der Waals surface area (Å²) in [6, 6.07) is 5.55. The van der Waals surface area contributed by atoms with Crippen molar-refractivity contribution in [1.29, 1.82) is 0 Å². The number of nitrogens with one attached hydrogen (secondary N) is 1. The highest BCUT2D eigenvalue weighted by atomic mass is 16.5. The number of hydrogen-bond acceptors (Lipinski definition) is 5. The van der Waals surface area contributed by atoms with Gasteiger partial charge in [0.05, 0.1) is 13.7 Å². The fraction of sp³-hybridized carbons (Fsp3) is 0.357. The number of nitrogens with zero attached hydrogens (tertiary/aromatic N) is 3. The maximum Gasteiger partial charge on any atom is 0.260 e. The highest BCUT2D eigenvalue weighted by Gasteiger charge is 2.13. The van der Waals surface area contributed by atoms with Crippen molar-refractivity contribution in [1.82, 2.24) is 20.1 Å². The van der Waals surface area contributed by atoms with E-state index in [2.05, 4.69) is 15.2 Å². The molecule has 2 rings (SSSR count). The van der Waals surface area contributed by atoms with Crippen LogP contribution in [0.2, 0.25) is 0 Å². The minimum Gasteiger partial charge on any atom is -0.493 e. The molecule has 0 aliphatic heterocycles. The van der Waals surface area contributed by atoms with Gasteiger partial charge in [0.25, 0.3) is 5.91 Å². The van der Waals surface area contributed by atoms with Gasteiger partial charge in [0, 0.05) is 7.05 Å². The van der Waals surface area contributed by atoms with Gasteiger partial charge in [-0.1, -0.05) is 6.07 Å². The van der Waals surface area contributed by atoms with Gasteiger partial charge in [-0.3, -0.25) is 9.89 Å². The van der Waals surface area contributed by atoms with Crippen LogP contribution in [-0.2, 0) is 11.3 Å². The van der Waals surface area contributed by atoms with Crippen LogP contribution in [-0.4, -0.2) is 46.8 Å². The van der Waals surface area contributed by atoms with E-state index < -0.39 is 0 Å². The Morgan fingerprint density at radius 3 is 2.86 bits per heavy atom. The van der Waals surface area contributed by atoms with E-state index in [4.69, 9.17) is 9.47 Å². The number of carbonyl (C=O) groups is 1. The van der Waals surface area contributed by atoms with Crippen molar-refractivity contribution in [2.75, 3.05) is 20.8 Å². The maximum absolute atomic E-state index is 12.0. The second-order valence-electron chi connectivity index (χ2n) is 4.62. The molecule has 7 heteroatoms. The quantitative estimate of drug-likeness (QED) is 0.863. The summed E-state index contributed by atoms with van der Waals surface area (Å²) >= 11 is 0. The first-order chi connectivity index (χ1) is 10.1. The lowest BCUT2D eigenvalue weighted by Crippen LogP contribution is -2.31. The zero-order valence-electron chi connectivity index (χ0n) is 12.3. The minimum absolute atomic E-state index is 0.0654. The van der Waals surface area contributed by atoms with Crippen LogP contribution in [0.15, 0.2) is 24.5 Å². The number of aryl methyl sites for hydroxylation is 1. The van der Waals surface area contributed by atoms with Crippen LogP contribution in [0.5, 0.6) is 11.5 Å². The fourth-order valence-corrected chi connectivity index (χ4v) is 1.76. The summed E-state index contributed by atoms with van der Waals surface area (Å²) in [5.41, 5.74) is 1.06. The van der Waals surface area contributed by atoms with Crippen LogP contribution < -0.4 is 9.47 Å². The molecule has 2 aromatic rings. The summed E-state index contributed by atoms with van der Waals surface area (Å²) in [6.07, 6.45) is 1.40. The molecule has 0 saturated heterocycles. The third-order valence-electron chi connectivity index (χ3n) is 2.95. The van der Waals surface area contributed by atoms with Gasteiger partial charge in [-0.25, -0.2) is 4.98 Å². The Labute approximate surface area is 122 Å². The molecule has 0 unspecified atom stereocenters. The number of aromatic amines is 1. The van der Waals surface area contributed by atoms with E-state index in [1.807, 2.05) is 19.1 Å². The largest absolute Gasteiger partial charge is 0.493 e. The minimum atomic E-state index is -0.158. The molecule has 1 amide bonds. The number of H-pyrrole nitrogens is 1. The molecule has 0 fully saturated rings. The smallest absolute Gasteiger partial charge is 0.260 e. The molecular weight excluding hydrogens is 272 g/mol. The van der Waals surface area contributed by atoms with E-state index in [0.29, 0.717) is 23.9 Å². The average molecular weight is 290 g/mol. The van der Waals surface area contributed by atoms with E-state index in [9.17, 15) is 4.79 Å². The van der Waals surface area contributed by atoms with Gasteiger partial charge in [-0.2, -0.15) is 5.10 Å². The van der Waals surface area contributed by atoms with Crippen molar-refractivity contribution in [2.45, 2.75) is 13.5 Å². The Bertz CT molecular complexity index is 598. The number of methoxy groups -OCH3 is 1. The predicted molar refractivity (Wildman–Crippen MR) is 76.1 cm³/mol. The van der Waals surface area contributed by atoms with Crippen molar-refractivity contribution >= 4 is 5.91 Å². The van der Waals surface area contributed by atoms with Gasteiger partial charge in [0.2, 0.25) is 0 Å². The first-order valence-electron chi connectivity index (χ1n) is 6.46. The van der Waals surface area contributed by atoms with Crippen LogP contribution in [0.4, 0.5) is 0 Å². The number of hydrogen-bond donors (Lipinski definition) is 1. The first-order valence-corrected chi connectivity index (χ1v) is 6.46. The third kappa shape index (κ3) is 3.95. The number of likely N-dealkylation sites (N-methyl/N-ethyl adjacent to an activating group) is 1. The lowest BCUT2D eigenvalue weighted by Gasteiger charge is -2.17. The Kier molecular flexibility index (Phi) is 4.76. The monoisotopic (exact) mass is 290 g/mol. The zero-order chi connectivity index (χ0) is 15.2. The summed E-state index contributed by atoms with van der Waals surface area (Å²) in [6.45, 7) is 2.25. The normalized spacial score (nSPS) is 10.2. The van der Waals surface area contributed by atoms with Gasteiger partial charge < -0.3 is 14.4 Å². The molecule has 0 atom stereocenters. The average Bonchev–Trinajstić information content (AvgIpc) is 2.98. The molecule has 21 heavy (non-hydrogen) atoms. The van der Waals surface area contributed by atoms with Gasteiger partial charge in [-0.05, 0) is 24.6 Å². The van der Waals surface area contributed by atoms with Crippen LogP contribution in [0.3, 0.4) is 0 Å². The van der Waals surface area contributed by atoms with Crippen molar-refractivity contribution in [2.24, 2.45) is 0 Å². The summed E-state index contributed by atoms with van der Waals surface area (Å²) in [4.78, 5) is 17.5. The molecule has 112 valence electrons. The fourth-order valence-electron chi connectivity index (χ4n) is 1.76. The van der Waals surface area contributed by atoms with Crippen LogP contribution in [0, 0.1) is 6.92 Å². The van der Waals surface area contributed by atoms with Gasteiger partial charge in [-0.15, -0.1) is 0 Å². The first kappa shape index (κ1) is 14.8. The molecule has 1 aromatic carbocycles. The zero-order valence-corrected chi connectivity index (χ0v) is 12.3. The van der Waals surface area contributed by atoms with E-state index >= 15 is 0 Å². The number of aromatic nitrogens is 3. The summed E-state index contributed by atoms with van der Waals surface area (Å²) < 4.78 is 10.8. The number of benzene rings is 1. The van der Waals surface area contributed by atoms with Crippen molar-refractivity contribution in [3.63, 3.8) is 0 Å². The van der Waals surface area contributed by atoms with Gasteiger partial charge in [0.15, 0.2) is 18.1 Å². The molecule has 1 N–H and O–H groups in total. The Hall–Kier alpha value is -2.57. The predicted octanol–water partition coefficient (Wildman–Crippen LogP) is 1.16. The SMILES string of the molecule is COc1cc(C)ccc1OCC(=O)N(C)Cc1ncn[nH]1. The highest BCUT2D eigenvalue weighted by Crippen LogP contribution is 2.27. The lowest BCUT2D eigenvalue weighted by atomic mass is 10.2. The number of carbonyl (C=O) groups excluding carboxylic acids is 1.